The van der Waals surface area contributed by atoms with Gasteiger partial charge >= 0.3 is 0 Å². The second-order valence-corrected chi connectivity index (χ2v) is 9.96. The summed E-state index contributed by atoms with van der Waals surface area (Å²) >= 11 is 0. The number of fused-ring (bicyclic) bond motifs is 1. The SMILES string of the molecule is CC(=O)Nc1ccc(C)cc1NC(=O)CCc1nc2cc(S(=O)(=O)N(C)C)ccc2n1C. The van der Waals surface area contributed by atoms with Crippen LogP contribution in [-0.2, 0) is 33.1 Å². The topological polar surface area (TPSA) is 113 Å². The minimum atomic E-state index is -3.56. The Balaban J connectivity index is 1.77. The molecule has 1 aromatic heterocycles. The number of hydrogen-bond acceptors (Lipinski definition) is 5. The summed E-state index contributed by atoms with van der Waals surface area (Å²) in [6, 6.07) is 10.2. The predicted molar refractivity (Wildman–Crippen MR) is 124 cm³/mol. The van der Waals surface area contributed by atoms with E-state index < -0.39 is 10.0 Å². The van der Waals surface area contributed by atoms with E-state index >= 15 is 0 Å². The van der Waals surface area contributed by atoms with Crippen molar-refractivity contribution in [3.05, 3.63) is 47.8 Å². The van der Waals surface area contributed by atoms with Crippen molar-refractivity contribution in [1.82, 2.24) is 13.9 Å². The molecule has 0 aliphatic heterocycles. The molecule has 2 N–H and O–H groups in total. The molecule has 170 valence electrons. The quantitative estimate of drug-likeness (QED) is 0.566. The third-order valence-electron chi connectivity index (χ3n) is 5.06. The van der Waals surface area contributed by atoms with Crippen LogP contribution in [0.2, 0.25) is 0 Å². The molecule has 0 aliphatic carbocycles. The molecule has 0 radical (unpaired) electrons. The highest BCUT2D eigenvalue weighted by molar-refractivity contribution is 7.89. The van der Waals surface area contributed by atoms with E-state index in [0.717, 1.165) is 15.4 Å². The van der Waals surface area contributed by atoms with Crippen molar-refractivity contribution >= 4 is 44.2 Å². The van der Waals surface area contributed by atoms with Crippen LogP contribution < -0.4 is 10.6 Å². The van der Waals surface area contributed by atoms with Gasteiger partial charge in [0.15, 0.2) is 0 Å². The number of nitrogens with zero attached hydrogens (tertiary/aromatic N) is 3. The number of nitrogens with one attached hydrogen (secondary N) is 2. The average Bonchev–Trinajstić information content (AvgIpc) is 3.03. The molecule has 3 rings (SSSR count). The molecule has 2 amide bonds. The Hall–Kier alpha value is -3.24. The van der Waals surface area contributed by atoms with Crippen LogP contribution in [0.1, 0.15) is 24.7 Å². The summed E-state index contributed by atoms with van der Waals surface area (Å²) in [6.07, 6.45) is 0.543. The van der Waals surface area contributed by atoms with Gasteiger partial charge in [0.2, 0.25) is 21.8 Å². The number of hydrogen-bond donors (Lipinski definition) is 2. The number of aromatic nitrogens is 2. The van der Waals surface area contributed by atoms with Crippen molar-refractivity contribution in [2.45, 2.75) is 31.6 Å². The summed E-state index contributed by atoms with van der Waals surface area (Å²) in [4.78, 5) is 28.7. The van der Waals surface area contributed by atoms with E-state index in [-0.39, 0.29) is 23.1 Å². The van der Waals surface area contributed by atoms with Crippen LogP contribution in [0.3, 0.4) is 0 Å². The fourth-order valence-electron chi connectivity index (χ4n) is 3.32. The zero-order valence-corrected chi connectivity index (χ0v) is 19.6. The zero-order chi connectivity index (χ0) is 23.6. The fourth-order valence-corrected chi connectivity index (χ4v) is 4.24. The highest BCUT2D eigenvalue weighted by Crippen LogP contribution is 2.24. The third kappa shape index (κ3) is 4.97. The van der Waals surface area contributed by atoms with Crippen LogP contribution in [0.4, 0.5) is 11.4 Å². The molecule has 0 saturated heterocycles. The number of carbonyl (C=O) groups excluding carboxylic acids is 2. The van der Waals surface area contributed by atoms with Gasteiger partial charge in [-0.05, 0) is 42.8 Å². The number of benzene rings is 2. The molecule has 0 spiro atoms. The van der Waals surface area contributed by atoms with E-state index in [9.17, 15) is 18.0 Å². The molecular weight excluding hydrogens is 430 g/mol. The largest absolute Gasteiger partial charge is 0.331 e. The summed E-state index contributed by atoms with van der Waals surface area (Å²) in [5.41, 5.74) is 3.36. The summed E-state index contributed by atoms with van der Waals surface area (Å²) in [6.45, 7) is 3.31. The van der Waals surface area contributed by atoms with Gasteiger partial charge in [-0.3, -0.25) is 9.59 Å². The van der Waals surface area contributed by atoms with Gasteiger partial charge in [-0.2, -0.15) is 0 Å². The first-order valence-electron chi connectivity index (χ1n) is 10.0. The Labute approximate surface area is 187 Å². The molecule has 32 heavy (non-hydrogen) atoms. The normalized spacial score (nSPS) is 11.7. The van der Waals surface area contributed by atoms with E-state index in [1.165, 1.54) is 21.0 Å². The van der Waals surface area contributed by atoms with Crippen molar-refractivity contribution in [3.63, 3.8) is 0 Å². The van der Waals surface area contributed by atoms with E-state index in [4.69, 9.17) is 0 Å². The van der Waals surface area contributed by atoms with Crippen molar-refractivity contribution < 1.29 is 18.0 Å². The van der Waals surface area contributed by atoms with Gasteiger partial charge in [-0.1, -0.05) is 6.07 Å². The molecule has 0 unspecified atom stereocenters. The molecule has 10 heteroatoms. The van der Waals surface area contributed by atoms with Crippen LogP contribution >= 0.6 is 0 Å². The molecule has 0 aliphatic rings. The van der Waals surface area contributed by atoms with Gasteiger partial charge in [-0.25, -0.2) is 17.7 Å². The lowest BCUT2D eigenvalue weighted by molar-refractivity contribution is -0.116. The van der Waals surface area contributed by atoms with Crippen LogP contribution in [0, 0.1) is 6.92 Å². The number of amides is 2. The van der Waals surface area contributed by atoms with Gasteiger partial charge in [-0.15, -0.1) is 0 Å². The standard InChI is InChI=1S/C22H27N5O4S/c1-14-6-8-17(23-15(2)28)18(12-14)25-22(29)11-10-21-24-19-13-16(32(30,31)26(3)4)7-9-20(19)27(21)5/h6-9,12-13H,10-11H2,1-5H3,(H,23,28)(H,25,29). The molecule has 2 aromatic carbocycles. The van der Waals surface area contributed by atoms with E-state index in [1.807, 2.05) is 24.6 Å². The first-order valence-corrected chi connectivity index (χ1v) is 11.5. The summed E-state index contributed by atoms with van der Waals surface area (Å²) in [7, 11) is 1.23. The van der Waals surface area contributed by atoms with Gasteiger partial charge < -0.3 is 15.2 Å². The maximum Gasteiger partial charge on any atom is 0.242 e. The van der Waals surface area contributed by atoms with E-state index in [2.05, 4.69) is 15.6 Å². The minimum absolute atomic E-state index is 0.169. The number of aryl methyl sites for hydroxylation is 3. The zero-order valence-electron chi connectivity index (χ0n) is 18.8. The lowest BCUT2D eigenvalue weighted by Gasteiger charge is -2.12. The third-order valence-corrected chi connectivity index (χ3v) is 6.87. The highest BCUT2D eigenvalue weighted by Gasteiger charge is 2.19. The molecule has 1 heterocycles. The molecule has 3 aromatic rings. The number of sulfonamides is 1. The van der Waals surface area contributed by atoms with Gasteiger partial charge in [0.25, 0.3) is 0 Å². The van der Waals surface area contributed by atoms with E-state index in [0.29, 0.717) is 29.1 Å². The van der Waals surface area contributed by atoms with Crippen LogP contribution in [-0.4, -0.2) is 48.2 Å². The van der Waals surface area contributed by atoms with E-state index in [1.54, 1.807) is 30.3 Å². The summed E-state index contributed by atoms with van der Waals surface area (Å²) < 4.78 is 27.8. The van der Waals surface area contributed by atoms with Gasteiger partial charge in [0.05, 0.1) is 27.3 Å². The Kier molecular flexibility index (Phi) is 6.65. The van der Waals surface area contributed by atoms with Crippen molar-refractivity contribution in [1.29, 1.82) is 0 Å². The van der Waals surface area contributed by atoms with Gasteiger partial charge in [0.1, 0.15) is 5.82 Å². The first-order chi connectivity index (χ1) is 15.0. The lowest BCUT2D eigenvalue weighted by Crippen LogP contribution is -2.22. The maximum atomic E-state index is 12.6. The summed E-state index contributed by atoms with van der Waals surface area (Å²) in [5, 5.41) is 5.56. The Morgan fingerprint density at radius 2 is 1.78 bits per heavy atom. The van der Waals surface area contributed by atoms with Crippen LogP contribution in [0.25, 0.3) is 11.0 Å². The molecule has 9 nitrogen and oxygen atoms in total. The Morgan fingerprint density at radius 1 is 1.06 bits per heavy atom. The second kappa shape index (κ2) is 9.09. The fraction of sp³-hybridized carbons (Fsp3) is 0.318. The Morgan fingerprint density at radius 3 is 2.44 bits per heavy atom. The smallest absolute Gasteiger partial charge is 0.242 e. The number of rotatable bonds is 7. The van der Waals surface area contributed by atoms with Gasteiger partial charge in [0, 0.05) is 40.9 Å². The van der Waals surface area contributed by atoms with Crippen LogP contribution in [0.5, 0.6) is 0 Å². The van der Waals surface area contributed by atoms with Crippen LogP contribution in [0.15, 0.2) is 41.3 Å². The Bertz CT molecular complexity index is 1300. The molecule has 0 saturated carbocycles. The molecular formula is C22H27N5O4S. The first kappa shape index (κ1) is 23.4. The monoisotopic (exact) mass is 457 g/mol. The number of carbonyl (C=O) groups is 2. The summed E-state index contributed by atoms with van der Waals surface area (Å²) in [5.74, 6) is 0.228. The highest BCUT2D eigenvalue weighted by atomic mass is 32.2. The number of anilines is 2. The maximum absolute atomic E-state index is 12.6. The van der Waals surface area contributed by atoms with Crippen molar-refractivity contribution in [2.75, 3.05) is 24.7 Å². The minimum Gasteiger partial charge on any atom is -0.331 e. The molecule has 0 bridgehead atoms. The average molecular weight is 458 g/mol. The second-order valence-electron chi connectivity index (χ2n) is 7.80. The van der Waals surface area contributed by atoms with Crippen molar-refractivity contribution in [2.24, 2.45) is 7.05 Å². The predicted octanol–water partition coefficient (Wildman–Crippen LogP) is 2.66. The molecule has 0 fully saturated rings. The number of imidazole rings is 1. The van der Waals surface area contributed by atoms with Crippen molar-refractivity contribution in [3.8, 4) is 0 Å². The molecule has 0 atom stereocenters. The lowest BCUT2D eigenvalue weighted by atomic mass is 10.1.